The summed E-state index contributed by atoms with van der Waals surface area (Å²) < 4.78 is 45.9. The molecule has 1 atom stereocenters. The van der Waals surface area contributed by atoms with E-state index in [0.29, 0.717) is 0 Å². The molecule has 0 aromatic heterocycles. The van der Waals surface area contributed by atoms with E-state index in [1.54, 1.807) is 0 Å². The summed E-state index contributed by atoms with van der Waals surface area (Å²) in [4.78, 5) is 22.7. The van der Waals surface area contributed by atoms with Gasteiger partial charge < -0.3 is 9.47 Å². The number of carbonyl (C=O) groups is 2. The Morgan fingerprint density at radius 2 is 1.60 bits per heavy atom. The molecular weight excluding hydrogens is 337 g/mol. The van der Waals surface area contributed by atoms with Crippen LogP contribution >= 0.6 is 0 Å². The molecule has 0 radical (unpaired) electrons. The summed E-state index contributed by atoms with van der Waals surface area (Å²) in [6, 6.07) is 0. The highest BCUT2D eigenvalue weighted by Gasteiger charge is 2.38. The summed E-state index contributed by atoms with van der Waals surface area (Å²) in [5, 5.41) is 0. The quantitative estimate of drug-likeness (QED) is 0.409. The predicted molar refractivity (Wildman–Crippen MR) is 88.8 cm³/mol. The summed E-state index contributed by atoms with van der Waals surface area (Å²) in [5.74, 6) is -1.47. The van der Waals surface area contributed by atoms with Crippen molar-refractivity contribution in [3.8, 4) is 0 Å². The fourth-order valence-electron chi connectivity index (χ4n) is 1.74. The van der Waals surface area contributed by atoms with Gasteiger partial charge in [0.25, 0.3) is 0 Å². The van der Waals surface area contributed by atoms with Gasteiger partial charge in [0.2, 0.25) is 0 Å². The van der Waals surface area contributed by atoms with Gasteiger partial charge in [-0.1, -0.05) is 17.2 Å². The number of allylic oxidation sites excluding steroid dienone is 3. The Balaban J connectivity index is 3.90. The maximum Gasteiger partial charge on any atom is 0.425 e. The zero-order valence-corrected chi connectivity index (χ0v) is 15.2. The predicted octanol–water partition coefficient (Wildman–Crippen LogP) is 4.89. The molecule has 7 heteroatoms. The van der Waals surface area contributed by atoms with E-state index >= 15 is 0 Å². The molecule has 0 aromatic rings. The Morgan fingerprint density at radius 1 is 1.00 bits per heavy atom. The molecule has 0 aliphatic carbocycles. The van der Waals surface area contributed by atoms with E-state index < -0.39 is 24.2 Å². The van der Waals surface area contributed by atoms with E-state index in [2.05, 4.69) is 10.8 Å². The van der Waals surface area contributed by atoms with Crippen LogP contribution in [-0.4, -0.2) is 30.8 Å². The normalized spacial score (nSPS) is 13.2. The zero-order valence-electron chi connectivity index (χ0n) is 15.2. The monoisotopic (exact) mass is 364 g/mol. The molecule has 0 bridgehead atoms. The Morgan fingerprint density at radius 3 is 2.16 bits per heavy atom. The first kappa shape index (κ1) is 23.2. The molecule has 0 N–H and O–H groups in total. The van der Waals surface area contributed by atoms with Gasteiger partial charge in [-0.3, -0.25) is 9.59 Å². The average molecular weight is 364 g/mol. The molecule has 144 valence electrons. The van der Waals surface area contributed by atoms with Gasteiger partial charge in [-0.25, -0.2) is 0 Å². The second kappa shape index (κ2) is 11.7. The number of ether oxygens (including phenoxy) is 2. The van der Waals surface area contributed by atoms with Gasteiger partial charge in [0, 0.05) is 12.8 Å². The Hall–Kier alpha value is -1.79. The lowest BCUT2D eigenvalue weighted by molar-refractivity contribution is -0.216. The van der Waals surface area contributed by atoms with E-state index in [1.807, 2.05) is 26.8 Å². The first-order valence-electron chi connectivity index (χ1n) is 8.23. The Labute approximate surface area is 147 Å². The zero-order chi connectivity index (χ0) is 19.5. The number of alkyl halides is 3. The average Bonchev–Trinajstić information content (AvgIpc) is 2.45. The number of hydrogen-bond donors (Lipinski definition) is 0. The highest BCUT2D eigenvalue weighted by molar-refractivity contribution is 5.72. The van der Waals surface area contributed by atoms with Crippen molar-refractivity contribution in [1.29, 1.82) is 0 Å². The van der Waals surface area contributed by atoms with Gasteiger partial charge in [-0.05, 0) is 53.0 Å². The third kappa shape index (κ3) is 13.2. The van der Waals surface area contributed by atoms with Crippen LogP contribution in [0.3, 0.4) is 0 Å². The SMILES string of the molecule is CC(C)=CCC/C(C)=C/COC(=O)CCCC(=O)OC(C)C(F)(F)F. The molecule has 0 aliphatic rings. The molecule has 0 heterocycles. The van der Waals surface area contributed by atoms with Crippen LogP contribution in [0.5, 0.6) is 0 Å². The van der Waals surface area contributed by atoms with Crippen molar-refractivity contribution in [3.05, 3.63) is 23.3 Å². The van der Waals surface area contributed by atoms with Crippen LogP contribution in [0.1, 0.15) is 59.8 Å². The molecule has 1 unspecified atom stereocenters. The van der Waals surface area contributed by atoms with Crippen molar-refractivity contribution in [2.45, 2.75) is 72.1 Å². The number of hydrogen-bond acceptors (Lipinski definition) is 4. The van der Waals surface area contributed by atoms with E-state index in [1.165, 1.54) is 5.57 Å². The summed E-state index contributed by atoms with van der Waals surface area (Å²) in [5.41, 5.74) is 2.36. The van der Waals surface area contributed by atoms with Crippen molar-refractivity contribution in [3.63, 3.8) is 0 Å². The maximum atomic E-state index is 12.2. The van der Waals surface area contributed by atoms with Crippen molar-refractivity contribution >= 4 is 11.9 Å². The second-order valence-electron chi connectivity index (χ2n) is 6.08. The van der Waals surface area contributed by atoms with E-state index in [0.717, 1.165) is 25.3 Å². The molecule has 0 aliphatic heterocycles. The lowest BCUT2D eigenvalue weighted by Crippen LogP contribution is -2.30. The number of carbonyl (C=O) groups excluding carboxylic acids is 2. The minimum atomic E-state index is -4.58. The van der Waals surface area contributed by atoms with Gasteiger partial charge in [-0.2, -0.15) is 13.2 Å². The molecule has 0 amide bonds. The van der Waals surface area contributed by atoms with Crippen LogP contribution in [0.2, 0.25) is 0 Å². The molecule has 0 fully saturated rings. The molecule has 0 rings (SSSR count). The Kier molecular flexibility index (Phi) is 10.9. The highest BCUT2D eigenvalue weighted by atomic mass is 19.4. The summed E-state index contributed by atoms with van der Waals surface area (Å²) in [6.07, 6.45) is -1.18. The minimum absolute atomic E-state index is 0.0415. The Bertz CT molecular complexity index is 489. The van der Waals surface area contributed by atoms with E-state index in [4.69, 9.17) is 4.74 Å². The van der Waals surface area contributed by atoms with Gasteiger partial charge in [0.15, 0.2) is 6.10 Å². The minimum Gasteiger partial charge on any atom is -0.461 e. The van der Waals surface area contributed by atoms with Crippen LogP contribution < -0.4 is 0 Å². The van der Waals surface area contributed by atoms with Crippen molar-refractivity contribution in [2.75, 3.05) is 6.61 Å². The van der Waals surface area contributed by atoms with Gasteiger partial charge >= 0.3 is 18.1 Å². The maximum absolute atomic E-state index is 12.2. The first-order valence-corrected chi connectivity index (χ1v) is 8.23. The third-order valence-corrected chi connectivity index (χ3v) is 3.30. The lowest BCUT2D eigenvalue weighted by atomic mass is 10.1. The number of rotatable bonds is 10. The van der Waals surface area contributed by atoms with Crippen molar-refractivity contribution in [2.24, 2.45) is 0 Å². The third-order valence-electron chi connectivity index (χ3n) is 3.30. The fourth-order valence-corrected chi connectivity index (χ4v) is 1.74. The van der Waals surface area contributed by atoms with Gasteiger partial charge in [-0.15, -0.1) is 0 Å². The lowest BCUT2D eigenvalue weighted by Gasteiger charge is -2.16. The van der Waals surface area contributed by atoms with Crippen molar-refractivity contribution in [1.82, 2.24) is 0 Å². The van der Waals surface area contributed by atoms with Crippen LogP contribution in [-0.2, 0) is 19.1 Å². The van der Waals surface area contributed by atoms with E-state index in [9.17, 15) is 22.8 Å². The van der Waals surface area contributed by atoms with Crippen LogP contribution in [0, 0.1) is 0 Å². The molecular formula is C18H27F3O4. The molecule has 25 heavy (non-hydrogen) atoms. The first-order chi connectivity index (χ1) is 11.5. The van der Waals surface area contributed by atoms with E-state index in [-0.39, 0.29) is 25.9 Å². The van der Waals surface area contributed by atoms with Crippen LogP contribution in [0.15, 0.2) is 23.3 Å². The molecule has 0 saturated heterocycles. The smallest absolute Gasteiger partial charge is 0.425 e. The van der Waals surface area contributed by atoms with Crippen molar-refractivity contribution < 1.29 is 32.2 Å². The number of halogens is 3. The standard InChI is InChI=1S/C18H27F3O4/c1-13(2)7-5-8-14(3)11-12-24-16(22)9-6-10-17(23)25-15(4)18(19,20)21/h7,11,15H,5-6,8-10,12H2,1-4H3/b14-11+. The van der Waals surface area contributed by atoms with Crippen LogP contribution in [0.25, 0.3) is 0 Å². The fraction of sp³-hybridized carbons (Fsp3) is 0.667. The molecule has 0 aromatic carbocycles. The summed E-state index contributed by atoms with van der Waals surface area (Å²) >= 11 is 0. The molecule has 0 spiro atoms. The largest absolute Gasteiger partial charge is 0.461 e. The second-order valence-corrected chi connectivity index (χ2v) is 6.08. The summed E-state index contributed by atoms with van der Waals surface area (Å²) in [6.45, 7) is 6.92. The molecule has 4 nitrogen and oxygen atoms in total. The van der Waals surface area contributed by atoms with Gasteiger partial charge in [0.05, 0.1) is 0 Å². The van der Waals surface area contributed by atoms with Crippen LogP contribution in [0.4, 0.5) is 13.2 Å². The number of esters is 2. The highest BCUT2D eigenvalue weighted by Crippen LogP contribution is 2.22. The van der Waals surface area contributed by atoms with Gasteiger partial charge in [0.1, 0.15) is 6.61 Å². The summed E-state index contributed by atoms with van der Waals surface area (Å²) in [7, 11) is 0. The topological polar surface area (TPSA) is 52.6 Å². The molecule has 0 saturated carbocycles.